The molecule has 0 bridgehead atoms. The Morgan fingerprint density at radius 2 is 1.60 bits per heavy atom. The summed E-state index contributed by atoms with van der Waals surface area (Å²) in [5.41, 5.74) is 1.03. The molecule has 188 valence electrons. The van der Waals surface area contributed by atoms with E-state index in [4.69, 9.17) is 9.47 Å². The Morgan fingerprint density at radius 3 is 2.20 bits per heavy atom. The summed E-state index contributed by atoms with van der Waals surface area (Å²) in [6.45, 7) is 4.95. The second kappa shape index (κ2) is 12.2. The van der Waals surface area contributed by atoms with E-state index in [1.165, 1.54) is 0 Å². The maximum atomic E-state index is 13.1. The zero-order valence-electron chi connectivity index (χ0n) is 20.9. The molecule has 8 heteroatoms. The Balaban J connectivity index is 1.70. The number of hydrogen-bond donors (Lipinski definition) is 2. The maximum Gasteiger partial charge on any atom is 0.253 e. The van der Waals surface area contributed by atoms with Crippen molar-refractivity contribution in [2.75, 3.05) is 27.3 Å². The largest absolute Gasteiger partial charge is 0.497 e. The topological polar surface area (TPSA) is 97.0 Å². The number of hydrogen-bond acceptors (Lipinski definition) is 5. The predicted octanol–water partition coefficient (Wildman–Crippen LogP) is 3.27. The van der Waals surface area contributed by atoms with Crippen LogP contribution in [0.3, 0.4) is 0 Å². The van der Waals surface area contributed by atoms with E-state index in [-0.39, 0.29) is 29.7 Å². The minimum absolute atomic E-state index is 0.00221. The fraction of sp³-hybridized carbons (Fsp3) is 0.444. The van der Waals surface area contributed by atoms with Gasteiger partial charge in [0.05, 0.1) is 14.2 Å². The van der Waals surface area contributed by atoms with E-state index in [9.17, 15) is 14.4 Å². The van der Waals surface area contributed by atoms with Crippen LogP contribution in [0.25, 0.3) is 0 Å². The van der Waals surface area contributed by atoms with Crippen molar-refractivity contribution >= 4 is 17.7 Å². The quantitative estimate of drug-likeness (QED) is 0.573. The van der Waals surface area contributed by atoms with Crippen molar-refractivity contribution in [3.8, 4) is 11.5 Å². The molecule has 3 amide bonds. The van der Waals surface area contributed by atoms with Gasteiger partial charge in [0.25, 0.3) is 11.8 Å². The highest BCUT2D eigenvalue weighted by Gasteiger charge is 2.34. The van der Waals surface area contributed by atoms with Gasteiger partial charge in [0.2, 0.25) is 5.91 Å². The first-order valence-electron chi connectivity index (χ1n) is 12.0. The van der Waals surface area contributed by atoms with E-state index < -0.39 is 6.04 Å². The Labute approximate surface area is 207 Å². The number of ether oxygens (including phenoxy) is 2. The highest BCUT2D eigenvalue weighted by molar-refractivity contribution is 5.98. The van der Waals surface area contributed by atoms with Crippen molar-refractivity contribution in [3.63, 3.8) is 0 Å². The summed E-state index contributed by atoms with van der Waals surface area (Å²) in [5, 5.41) is 5.96. The molecule has 0 spiro atoms. The van der Waals surface area contributed by atoms with Crippen LogP contribution in [-0.2, 0) is 4.79 Å². The third kappa shape index (κ3) is 6.74. The minimum atomic E-state index is -0.687. The number of piperidine rings is 1. The molecule has 1 heterocycles. The molecule has 2 atom stereocenters. The lowest BCUT2D eigenvalue weighted by Gasteiger charge is -2.36. The van der Waals surface area contributed by atoms with Gasteiger partial charge in [0.15, 0.2) is 0 Å². The molecule has 2 N–H and O–H groups in total. The summed E-state index contributed by atoms with van der Waals surface area (Å²) < 4.78 is 10.4. The molecule has 0 radical (unpaired) electrons. The second-order valence-electron chi connectivity index (χ2n) is 8.86. The lowest BCUT2D eigenvalue weighted by atomic mass is 9.88. The van der Waals surface area contributed by atoms with Crippen molar-refractivity contribution in [2.24, 2.45) is 5.92 Å². The molecule has 0 aliphatic carbocycles. The van der Waals surface area contributed by atoms with Gasteiger partial charge in [-0.25, -0.2) is 0 Å². The molecule has 0 unspecified atom stereocenters. The van der Waals surface area contributed by atoms with Gasteiger partial charge < -0.3 is 25.0 Å². The van der Waals surface area contributed by atoms with Crippen LogP contribution in [0, 0.1) is 5.92 Å². The Morgan fingerprint density at radius 1 is 0.943 bits per heavy atom. The average Bonchev–Trinajstić information content (AvgIpc) is 2.91. The fourth-order valence-corrected chi connectivity index (χ4v) is 4.17. The molecule has 35 heavy (non-hydrogen) atoms. The number of carbonyl (C=O) groups excluding carboxylic acids is 3. The fourth-order valence-electron chi connectivity index (χ4n) is 4.17. The Kier molecular flexibility index (Phi) is 9.11. The summed E-state index contributed by atoms with van der Waals surface area (Å²) in [6.07, 6.45) is 2.01. The SMILES string of the molecule is CC[C@@H](C)NC(=O)[C@@H](NC(=O)c1ccc(OC)cc1)C1CCN(C(=O)c2cccc(OC)c2)CC1. The number of nitrogens with one attached hydrogen (secondary N) is 2. The molecule has 1 aliphatic rings. The van der Waals surface area contributed by atoms with Gasteiger partial charge in [-0.05, 0) is 74.6 Å². The lowest BCUT2D eigenvalue weighted by molar-refractivity contribution is -0.125. The number of likely N-dealkylation sites (tertiary alicyclic amines) is 1. The lowest BCUT2D eigenvalue weighted by Crippen LogP contribution is -2.55. The smallest absolute Gasteiger partial charge is 0.253 e. The highest BCUT2D eigenvalue weighted by atomic mass is 16.5. The number of nitrogens with zero attached hydrogens (tertiary/aromatic N) is 1. The van der Waals surface area contributed by atoms with Crippen LogP contribution in [0.5, 0.6) is 11.5 Å². The van der Waals surface area contributed by atoms with Gasteiger partial charge in [0, 0.05) is 30.3 Å². The summed E-state index contributed by atoms with van der Waals surface area (Å²) in [6, 6.07) is 13.2. The molecular formula is C27H35N3O5. The molecule has 8 nitrogen and oxygen atoms in total. The number of amides is 3. The van der Waals surface area contributed by atoms with Crippen LogP contribution in [0.15, 0.2) is 48.5 Å². The molecular weight excluding hydrogens is 446 g/mol. The first-order valence-corrected chi connectivity index (χ1v) is 12.0. The van der Waals surface area contributed by atoms with Gasteiger partial charge in [0.1, 0.15) is 17.5 Å². The number of carbonyl (C=O) groups is 3. The molecule has 2 aromatic carbocycles. The van der Waals surface area contributed by atoms with Gasteiger partial charge in [-0.3, -0.25) is 14.4 Å². The van der Waals surface area contributed by atoms with Crippen LogP contribution in [0.1, 0.15) is 53.8 Å². The van der Waals surface area contributed by atoms with Gasteiger partial charge >= 0.3 is 0 Å². The Hall–Kier alpha value is -3.55. The molecule has 1 fully saturated rings. The highest BCUT2D eigenvalue weighted by Crippen LogP contribution is 2.24. The van der Waals surface area contributed by atoms with Crippen LogP contribution < -0.4 is 20.1 Å². The normalized spacial score (nSPS) is 15.6. The zero-order valence-corrected chi connectivity index (χ0v) is 20.9. The Bertz CT molecular complexity index is 1020. The molecule has 1 saturated heterocycles. The molecule has 2 aromatic rings. The van der Waals surface area contributed by atoms with E-state index in [0.717, 1.165) is 6.42 Å². The van der Waals surface area contributed by atoms with Crippen molar-refractivity contribution in [1.82, 2.24) is 15.5 Å². The third-order valence-electron chi connectivity index (χ3n) is 6.54. The molecule has 0 aromatic heterocycles. The maximum absolute atomic E-state index is 13.1. The summed E-state index contributed by atoms with van der Waals surface area (Å²) in [5.74, 6) is 0.626. The molecule has 0 saturated carbocycles. The van der Waals surface area contributed by atoms with Crippen LogP contribution in [0.4, 0.5) is 0 Å². The first-order chi connectivity index (χ1) is 16.9. The van der Waals surface area contributed by atoms with E-state index in [1.807, 2.05) is 13.8 Å². The summed E-state index contributed by atoms with van der Waals surface area (Å²) in [4.78, 5) is 40.9. The second-order valence-corrected chi connectivity index (χ2v) is 8.86. The van der Waals surface area contributed by atoms with Crippen LogP contribution in [-0.4, -0.2) is 62.0 Å². The van der Waals surface area contributed by atoms with Crippen LogP contribution in [0.2, 0.25) is 0 Å². The van der Waals surface area contributed by atoms with E-state index in [1.54, 1.807) is 67.7 Å². The predicted molar refractivity (Wildman–Crippen MR) is 134 cm³/mol. The zero-order chi connectivity index (χ0) is 25.4. The first kappa shape index (κ1) is 26.1. The van der Waals surface area contributed by atoms with Gasteiger partial charge in [-0.2, -0.15) is 0 Å². The van der Waals surface area contributed by atoms with Gasteiger partial charge in [-0.15, -0.1) is 0 Å². The van der Waals surface area contributed by atoms with Crippen molar-refractivity contribution in [1.29, 1.82) is 0 Å². The average molecular weight is 482 g/mol. The van der Waals surface area contributed by atoms with Crippen molar-refractivity contribution < 1.29 is 23.9 Å². The molecule has 3 rings (SSSR count). The van der Waals surface area contributed by atoms with Crippen molar-refractivity contribution in [3.05, 3.63) is 59.7 Å². The summed E-state index contributed by atoms with van der Waals surface area (Å²) in [7, 11) is 3.13. The number of rotatable bonds is 9. The third-order valence-corrected chi connectivity index (χ3v) is 6.54. The van der Waals surface area contributed by atoms with Crippen molar-refractivity contribution in [2.45, 2.75) is 45.2 Å². The van der Waals surface area contributed by atoms with E-state index >= 15 is 0 Å². The standard InChI is InChI=1S/C27H35N3O5/c1-5-18(2)28-26(32)24(29-25(31)20-9-11-22(34-3)12-10-20)19-13-15-30(16-14-19)27(33)21-7-6-8-23(17-21)35-4/h6-12,17-19,24H,5,13-16H2,1-4H3,(H,28,32)(H,29,31)/t18-,24+/m1/s1. The van der Waals surface area contributed by atoms with E-state index in [2.05, 4.69) is 10.6 Å². The number of benzene rings is 2. The minimum Gasteiger partial charge on any atom is -0.497 e. The number of methoxy groups -OCH3 is 2. The molecule has 1 aliphatic heterocycles. The van der Waals surface area contributed by atoms with Gasteiger partial charge in [-0.1, -0.05) is 13.0 Å². The monoisotopic (exact) mass is 481 g/mol. The summed E-state index contributed by atoms with van der Waals surface area (Å²) >= 11 is 0. The van der Waals surface area contributed by atoms with Crippen LogP contribution >= 0.6 is 0 Å². The van der Waals surface area contributed by atoms with E-state index in [0.29, 0.717) is 48.6 Å².